The van der Waals surface area contributed by atoms with Gasteiger partial charge in [-0.2, -0.15) is 0 Å². The summed E-state index contributed by atoms with van der Waals surface area (Å²) in [4.78, 5) is 13.0. The van der Waals surface area contributed by atoms with E-state index in [2.05, 4.69) is 5.32 Å². The highest BCUT2D eigenvalue weighted by atomic mass is 35.5. The highest BCUT2D eigenvalue weighted by Crippen LogP contribution is 2.36. The predicted octanol–water partition coefficient (Wildman–Crippen LogP) is 5.60. The monoisotopic (exact) mass is 471 g/mol. The largest absolute Gasteiger partial charge is 0.497 e. The molecule has 174 valence electrons. The molecule has 0 saturated heterocycles. The van der Waals surface area contributed by atoms with Gasteiger partial charge < -0.3 is 29.0 Å². The molecule has 0 bridgehead atoms. The lowest BCUT2D eigenvalue weighted by Crippen LogP contribution is -2.14. The molecule has 1 N–H and O–H groups in total. The summed E-state index contributed by atoms with van der Waals surface area (Å²) in [5.41, 5.74) is 1.60. The first-order valence-electron chi connectivity index (χ1n) is 10.2. The normalized spacial score (nSPS) is 10.3. The molecule has 7 nitrogen and oxygen atoms in total. The van der Waals surface area contributed by atoms with E-state index in [1.54, 1.807) is 43.5 Å². The van der Waals surface area contributed by atoms with Crippen molar-refractivity contribution in [1.29, 1.82) is 0 Å². The van der Waals surface area contributed by atoms with Gasteiger partial charge in [0.2, 0.25) is 0 Å². The molecular formula is C25H26ClNO6. The number of amides is 1. The summed E-state index contributed by atoms with van der Waals surface area (Å²) in [5.74, 6) is 2.49. The van der Waals surface area contributed by atoms with Crippen molar-refractivity contribution in [1.82, 2.24) is 0 Å². The van der Waals surface area contributed by atoms with Crippen molar-refractivity contribution in [3.05, 3.63) is 70.7 Å². The van der Waals surface area contributed by atoms with Gasteiger partial charge in [-0.1, -0.05) is 17.7 Å². The van der Waals surface area contributed by atoms with E-state index in [9.17, 15) is 4.79 Å². The summed E-state index contributed by atoms with van der Waals surface area (Å²) in [6.07, 6.45) is 0. The van der Waals surface area contributed by atoms with Crippen molar-refractivity contribution in [2.45, 2.75) is 13.5 Å². The van der Waals surface area contributed by atoms with Crippen LogP contribution in [0, 0.1) is 0 Å². The Morgan fingerprint density at radius 2 is 1.61 bits per heavy atom. The van der Waals surface area contributed by atoms with Crippen molar-refractivity contribution in [2.24, 2.45) is 0 Å². The van der Waals surface area contributed by atoms with Gasteiger partial charge in [0.1, 0.15) is 35.4 Å². The van der Waals surface area contributed by atoms with Crippen LogP contribution in [0.1, 0.15) is 22.8 Å². The van der Waals surface area contributed by atoms with Gasteiger partial charge >= 0.3 is 0 Å². The molecule has 0 radical (unpaired) electrons. The highest BCUT2D eigenvalue weighted by Gasteiger charge is 2.16. The van der Waals surface area contributed by atoms with Crippen molar-refractivity contribution in [2.75, 3.05) is 33.3 Å². The number of hydrogen-bond acceptors (Lipinski definition) is 6. The SMILES string of the molecule is CCOc1ccc(C(=O)Nc2cc(OC)c(Cl)cc2OC)cc1COc1cccc(OC)c1. The molecule has 0 atom stereocenters. The van der Waals surface area contributed by atoms with Gasteiger partial charge in [0.05, 0.1) is 38.6 Å². The maximum atomic E-state index is 13.0. The quantitative estimate of drug-likeness (QED) is 0.415. The maximum absolute atomic E-state index is 13.0. The second-order valence-electron chi connectivity index (χ2n) is 6.86. The van der Waals surface area contributed by atoms with Gasteiger partial charge in [0.15, 0.2) is 0 Å². The summed E-state index contributed by atoms with van der Waals surface area (Å²) in [5, 5.41) is 3.23. The van der Waals surface area contributed by atoms with Gasteiger partial charge in [-0.15, -0.1) is 0 Å². The number of nitrogens with one attached hydrogen (secondary N) is 1. The van der Waals surface area contributed by atoms with Crippen molar-refractivity contribution in [3.8, 4) is 28.7 Å². The zero-order valence-corrected chi connectivity index (χ0v) is 19.7. The first kappa shape index (κ1) is 24.1. The number of carbonyl (C=O) groups is 1. The van der Waals surface area contributed by atoms with Crippen LogP contribution >= 0.6 is 11.6 Å². The van der Waals surface area contributed by atoms with Crippen LogP contribution in [0.15, 0.2) is 54.6 Å². The molecule has 0 heterocycles. The summed E-state index contributed by atoms with van der Waals surface area (Å²) in [6, 6.07) is 15.7. The average molecular weight is 472 g/mol. The lowest BCUT2D eigenvalue weighted by molar-refractivity contribution is 0.102. The Morgan fingerprint density at radius 1 is 0.848 bits per heavy atom. The van der Waals surface area contributed by atoms with E-state index in [0.29, 0.717) is 51.6 Å². The van der Waals surface area contributed by atoms with Crippen LogP contribution in [0.5, 0.6) is 28.7 Å². The lowest BCUT2D eigenvalue weighted by atomic mass is 10.1. The van der Waals surface area contributed by atoms with E-state index in [-0.39, 0.29) is 12.5 Å². The van der Waals surface area contributed by atoms with E-state index in [4.69, 9.17) is 35.3 Å². The van der Waals surface area contributed by atoms with Gasteiger partial charge in [-0.3, -0.25) is 4.79 Å². The molecule has 0 saturated carbocycles. The highest BCUT2D eigenvalue weighted by molar-refractivity contribution is 6.32. The molecule has 0 aliphatic heterocycles. The van der Waals surface area contributed by atoms with Gasteiger partial charge in [-0.05, 0) is 37.3 Å². The number of rotatable bonds is 10. The maximum Gasteiger partial charge on any atom is 0.255 e. The van der Waals surface area contributed by atoms with E-state index < -0.39 is 0 Å². The average Bonchev–Trinajstić information content (AvgIpc) is 2.84. The minimum Gasteiger partial charge on any atom is -0.497 e. The minimum absolute atomic E-state index is 0.210. The fourth-order valence-electron chi connectivity index (χ4n) is 3.13. The van der Waals surface area contributed by atoms with Crippen LogP contribution in [-0.4, -0.2) is 33.8 Å². The molecule has 3 aromatic carbocycles. The number of methoxy groups -OCH3 is 3. The molecule has 33 heavy (non-hydrogen) atoms. The Balaban J connectivity index is 1.84. The number of hydrogen-bond donors (Lipinski definition) is 1. The molecule has 0 fully saturated rings. The smallest absolute Gasteiger partial charge is 0.255 e. The number of anilines is 1. The van der Waals surface area contributed by atoms with Crippen molar-refractivity contribution >= 4 is 23.2 Å². The van der Waals surface area contributed by atoms with Crippen molar-refractivity contribution < 1.29 is 28.5 Å². The molecule has 0 aliphatic carbocycles. The molecule has 0 unspecified atom stereocenters. The number of halogens is 1. The number of benzene rings is 3. The zero-order chi connectivity index (χ0) is 23.8. The Labute approximate surface area is 198 Å². The van der Waals surface area contributed by atoms with Crippen LogP contribution in [0.3, 0.4) is 0 Å². The van der Waals surface area contributed by atoms with Crippen LogP contribution in [-0.2, 0) is 6.61 Å². The van der Waals surface area contributed by atoms with E-state index in [0.717, 1.165) is 5.56 Å². The van der Waals surface area contributed by atoms with Gasteiger partial charge in [0, 0.05) is 29.3 Å². The van der Waals surface area contributed by atoms with Crippen LogP contribution in [0.4, 0.5) is 5.69 Å². The third kappa shape index (κ3) is 6.02. The first-order chi connectivity index (χ1) is 16.0. The fourth-order valence-corrected chi connectivity index (χ4v) is 3.37. The Bertz CT molecular complexity index is 1120. The Morgan fingerprint density at radius 3 is 2.30 bits per heavy atom. The van der Waals surface area contributed by atoms with Crippen molar-refractivity contribution in [3.63, 3.8) is 0 Å². The van der Waals surface area contributed by atoms with E-state index >= 15 is 0 Å². The fraction of sp³-hybridized carbons (Fsp3) is 0.240. The summed E-state index contributed by atoms with van der Waals surface area (Å²) in [7, 11) is 4.60. The third-order valence-electron chi connectivity index (χ3n) is 4.78. The van der Waals surface area contributed by atoms with E-state index in [1.165, 1.54) is 14.2 Å². The summed E-state index contributed by atoms with van der Waals surface area (Å²) in [6.45, 7) is 2.59. The van der Waals surface area contributed by atoms with Gasteiger partial charge in [0.25, 0.3) is 5.91 Å². The summed E-state index contributed by atoms with van der Waals surface area (Å²) >= 11 is 6.15. The molecule has 1 amide bonds. The molecule has 0 aromatic heterocycles. The van der Waals surface area contributed by atoms with Crippen LogP contribution in [0.25, 0.3) is 0 Å². The van der Waals surface area contributed by atoms with Gasteiger partial charge in [-0.25, -0.2) is 0 Å². The third-order valence-corrected chi connectivity index (χ3v) is 5.08. The minimum atomic E-state index is -0.330. The Hall–Kier alpha value is -3.58. The molecule has 8 heteroatoms. The number of ether oxygens (including phenoxy) is 5. The molecular weight excluding hydrogens is 446 g/mol. The molecule has 0 spiro atoms. The second-order valence-corrected chi connectivity index (χ2v) is 7.27. The second kappa shape index (κ2) is 11.3. The molecule has 0 aliphatic rings. The first-order valence-corrected chi connectivity index (χ1v) is 10.6. The molecule has 3 rings (SSSR count). The molecule has 3 aromatic rings. The zero-order valence-electron chi connectivity index (χ0n) is 18.9. The topological polar surface area (TPSA) is 75.3 Å². The predicted molar refractivity (Wildman–Crippen MR) is 127 cm³/mol. The Kier molecular flexibility index (Phi) is 8.27. The lowest BCUT2D eigenvalue weighted by Gasteiger charge is -2.15. The van der Waals surface area contributed by atoms with E-state index in [1.807, 2.05) is 25.1 Å². The standard InChI is InChI=1S/C25H26ClNO6/c1-5-32-22-10-9-16(11-17(22)15-33-19-8-6-7-18(12-19)29-2)25(28)27-21-14-23(30-3)20(26)13-24(21)31-4/h6-14H,5,15H2,1-4H3,(H,27,28). The van der Waals surface area contributed by atoms with Crippen LogP contribution in [0.2, 0.25) is 5.02 Å². The number of carbonyl (C=O) groups excluding carboxylic acids is 1. The van der Waals surface area contributed by atoms with Crippen LogP contribution < -0.4 is 29.0 Å². The summed E-state index contributed by atoms with van der Waals surface area (Å²) < 4.78 is 27.4.